The molecule has 0 bridgehead atoms. The van der Waals surface area contributed by atoms with Gasteiger partial charge < -0.3 is 9.47 Å². The second kappa shape index (κ2) is 9.61. The van der Waals surface area contributed by atoms with E-state index in [9.17, 15) is 18.0 Å². The number of methoxy groups -OCH3 is 1. The van der Waals surface area contributed by atoms with Crippen molar-refractivity contribution in [1.82, 2.24) is 24.5 Å². The summed E-state index contributed by atoms with van der Waals surface area (Å²) < 4.78 is 50.5. The van der Waals surface area contributed by atoms with Crippen molar-refractivity contribution in [1.29, 1.82) is 0 Å². The van der Waals surface area contributed by atoms with Crippen LogP contribution in [0.2, 0.25) is 0 Å². The van der Waals surface area contributed by atoms with E-state index in [0.717, 1.165) is 11.3 Å². The van der Waals surface area contributed by atoms with E-state index in [-0.39, 0.29) is 17.1 Å². The minimum Gasteiger partial charge on any atom is -0.494 e. The summed E-state index contributed by atoms with van der Waals surface area (Å²) in [5, 5.41) is 8.68. The predicted molar refractivity (Wildman–Crippen MR) is 129 cm³/mol. The third-order valence-electron chi connectivity index (χ3n) is 5.38. The van der Waals surface area contributed by atoms with Crippen LogP contribution in [0.4, 0.5) is 13.2 Å². The lowest BCUT2D eigenvalue weighted by molar-refractivity contribution is -0.274. The minimum absolute atomic E-state index is 0.0398. The number of rotatable bonds is 6. The molecule has 0 saturated heterocycles. The maximum atomic E-state index is 12.8. The molecule has 0 atom stereocenters. The Bertz CT molecular complexity index is 1610. The van der Waals surface area contributed by atoms with Crippen LogP contribution in [0.1, 0.15) is 0 Å². The number of pyridine rings is 1. The highest BCUT2D eigenvalue weighted by molar-refractivity contribution is 5.65. The highest BCUT2D eigenvalue weighted by atomic mass is 19.4. The molecule has 3 aromatic heterocycles. The molecule has 0 radical (unpaired) electrons. The van der Waals surface area contributed by atoms with E-state index in [0.29, 0.717) is 11.4 Å². The number of halogens is 3. The highest BCUT2D eigenvalue weighted by Crippen LogP contribution is 2.29. The van der Waals surface area contributed by atoms with Crippen molar-refractivity contribution >= 4 is 0 Å². The van der Waals surface area contributed by atoms with Gasteiger partial charge in [0.2, 0.25) is 5.43 Å². The Kier molecular flexibility index (Phi) is 6.18. The monoisotopic (exact) mass is 505 g/mol. The second-order valence-electron chi connectivity index (χ2n) is 7.75. The van der Waals surface area contributed by atoms with Crippen LogP contribution in [0.25, 0.3) is 34.0 Å². The summed E-state index contributed by atoms with van der Waals surface area (Å²) in [6.07, 6.45) is -0.221. The molecule has 0 unspecified atom stereocenters. The molecule has 5 aromatic rings. The van der Waals surface area contributed by atoms with E-state index in [1.807, 2.05) is 30.3 Å². The molecule has 0 spiro atoms. The lowest BCUT2D eigenvalue weighted by Crippen LogP contribution is -2.17. The van der Waals surface area contributed by atoms with Crippen LogP contribution in [0.5, 0.6) is 11.5 Å². The van der Waals surface area contributed by atoms with Gasteiger partial charge in [0.15, 0.2) is 5.69 Å². The van der Waals surface area contributed by atoms with Crippen LogP contribution >= 0.6 is 0 Å². The molecule has 2 aromatic carbocycles. The summed E-state index contributed by atoms with van der Waals surface area (Å²) in [6.45, 7) is 0. The summed E-state index contributed by atoms with van der Waals surface area (Å²) in [5.74, 6) is 0.0818. The zero-order chi connectivity index (χ0) is 26.0. The molecular weight excluding hydrogens is 487 g/mol. The summed E-state index contributed by atoms with van der Waals surface area (Å²) in [5.41, 5.74) is 2.35. The Balaban J connectivity index is 1.55. The minimum atomic E-state index is -4.84. The first-order valence-corrected chi connectivity index (χ1v) is 10.9. The van der Waals surface area contributed by atoms with E-state index >= 15 is 0 Å². The predicted octanol–water partition coefficient (Wildman–Crippen LogP) is 5.05. The SMILES string of the molecule is COc1cc(-c2ccccn2)ccc1-n1ccc(=O)c(-c2ccnn2-c2cccc(OC(F)(F)F)c2)n1. The molecule has 0 N–H and O–H groups in total. The molecule has 0 saturated carbocycles. The second-order valence-corrected chi connectivity index (χ2v) is 7.75. The Morgan fingerprint density at radius 2 is 1.78 bits per heavy atom. The van der Waals surface area contributed by atoms with Crippen molar-refractivity contribution in [2.45, 2.75) is 6.36 Å². The number of aromatic nitrogens is 5. The van der Waals surface area contributed by atoms with Crippen LogP contribution in [0.3, 0.4) is 0 Å². The standard InChI is InChI=1S/C26H18F3N5O3/c1-36-24-15-17(20-7-2-3-12-30-20)8-9-21(24)33-14-11-23(35)25(32-33)22-10-13-31-34(22)18-5-4-6-19(16-18)37-26(27,28)29/h2-16H,1H3. The molecule has 11 heteroatoms. The van der Waals surface area contributed by atoms with E-state index in [2.05, 4.69) is 19.9 Å². The molecule has 3 heterocycles. The summed E-state index contributed by atoms with van der Waals surface area (Å²) in [7, 11) is 1.52. The maximum Gasteiger partial charge on any atom is 0.573 e. The number of nitrogens with zero attached hydrogens (tertiary/aromatic N) is 5. The van der Waals surface area contributed by atoms with Gasteiger partial charge in [0.1, 0.15) is 17.2 Å². The fraction of sp³-hybridized carbons (Fsp3) is 0.0769. The summed E-state index contributed by atoms with van der Waals surface area (Å²) in [6, 6.07) is 19.2. The molecule has 5 rings (SSSR count). The first-order valence-electron chi connectivity index (χ1n) is 10.9. The number of hydrogen-bond acceptors (Lipinski definition) is 6. The average Bonchev–Trinajstić information content (AvgIpc) is 3.38. The van der Waals surface area contributed by atoms with Gasteiger partial charge >= 0.3 is 6.36 Å². The van der Waals surface area contributed by atoms with E-state index < -0.39 is 17.5 Å². The molecule has 37 heavy (non-hydrogen) atoms. The quantitative estimate of drug-likeness (QED) is 0.321. The van der Waals surface area contributed by atoms with E-state index in [4.69, 9.17) is 4.74 Å². The Morgan fingerprint density at radius 1 is 0.919 bits per heavy atom. The van der Waals surface area contributed by atoms with Gasteiger partial charge in [-0.3, -0.25) is 9.78 Å². The van der Waals surface area contributed by atoms with Crippen LogP contribution < -0.4 is 14.9 Å². The van der Waals surface area contributed by atoms with Gasteiger partial charge in [0.05, 0.1) is 30.4 Å². The third-order valence-corrected chi connectivity index (χ3v) is 5.38. The Morgan fingerprint density at radius 3 is 2.54 bits per heavy atom. The topological polar surface area (TPSA) is 84.1 Å². The normalized spacial score (nSPS) is 11.4. The average molecular weight is 505 g/mol. The first-order chi connectivity index (χ1) is 17.8. The number of hydrogen-bond donors (Lipinski definition) is 0. The fourth-order valence-electron chi connectivity index (χ4n) is 3.78. The number of ether oxygens (including phenoxy) is 2. The molecule has 0 aliphatic heterocycles. The van der Waals surface area contributed by atoms with Crippen molar-refractivity contribution in [3.8, 4) is 45.5 Å². The smallest absolute Gasteiger partial charge is 0.494 e. The first kappa shape index (κ1) is 23.8. The van der Waals surface area contributed by atoms with Gasteiger partial charge in [0, 0.05) is 30.1 Å². The number of alkyl halides is 3. The van der Waals surface area contributed by atoms with Gasteiger partial charge in [-0.2, -0.15) is 10.2 Å². The van der Waals surface area contributed by atoms with Gasteiger partial charge in [-0.25, -0.2) is 9.36 Å². The Hall–Kier alpha value is -4.93. The molecule has 0 amide bonds. The lowest BCUT2D eigenvalue weighted by Gasteiger charge is -2.14. The maximum absolute atomic E-state index is 12.8. The van der Waals surface area contributed by atoms with Gasteiger partial charge in [-0.05, 0) is 42.5 Å². The molecule has 0 aliphatic rings. The third kappa shape index (κ3) is 5.06. The summed E-state index contributed by atoms with van der Waals surface area (Å²) in [4.78, 5) is 17.2. The van der Waals surface area contributed by atoms with E-state index in [1.165, 1.54) is 53.1 Å². The molecule has 186 valence electrons. The van der Waals surface area contributed by atoms with Crippen molar-refractivity contribution in [2.24, 2.45) is 0 Å². The largest absolute Gasteiger partial charge is 0.573 e. The fourth-order valence-corrected chi connectivity index (χ4v) is 3.78. The van der Waals surface area contributed by atoms with Crippen LogP contribution in [0, 0.1) is 0 Å². The molecular formula is C26H18F3N5O3. The van der Waals surface area contributed by atoms with Gasteiger partial charge in [-0.1, -0.05) is 18.2 Å². The van der Waals surface area contributed by atoms with E-state index in [1.54, 1.807) is 24.4 Å². The molecule has 0 aliphatic carbocycles. The van der Waals surface area contributed by atoms with Crippen LogP contribution in [-0.4, -0.2) is 38.0 Å². The lowest BCUT2D eigenvalue weighted by atomic mass is 10.1. The van der Waals surface area contributed by atoms with Crippen molar-refractivity contribution in [3.63, 3.8) is 0 Å². The van der Waals surface area contributed by atoms with Crippen LogP contribution in [0.15, 0.2) is 96.2 Å². The Labute approximate surface area is 208 Å². The van der Waals surface area contributed by atoms with Crippen molar-refractivity contribution in [2.75, 3.05) is 7.11 Å². The van der Waals surface area contributed by atoms with Crippen molar-refractivity contribution < 1.29 is 22.6 Å². The van der Waals surface area contributed by atoms with Crippen LogP contribution in [-0.2, 0) is 0 Å². The van der Waals surface area contributed by atoms with Crippen molar-refractivity contribution in [3.05, 3.63) is 102 Å². The van der Waals surface area contributed by atoms with Gasteiger partial charge in [-0.15, -0.1) is 13.2 Å². The highest BCUT2D eigenvalue weighted by Gasteiger charge is 2.31. The zero-order valence-electron chi connectivity index (χ0n) is 19.3. The van der Waals surface area contributed by atoms with Gasteiger partial charge in [0.25, 0.3) is 0 Å². The summed E-state index contributed by atoms with van der Waals surface area (Å²) >= 11 is 0. The zero-order valence-corrected chi connectivity index (χ0v) is 19.3. The number of benzene rings is 2. The molecule has 0 fully saturated rings. The molecule has 8 nitrogen and oxygen atoms in total.